The lowest BCUT2D eigenvalue weighted by Crippen LogP contribution is -2.36. The van der Waals surface area contributed by atoms with Crippen LogP contribution in [0, 0.1) is 26.7 Å². The molecule has 0 atom stereocenters. The number of aromatic amines is 1. The van der Waals surface area contributed by atoms with Gasteiger partial charge in [-0.25, -0.2) is 4.98 Å². The number of nitrogens with one attached hydrogen (secondary N) is 3. The smallest absolute Gasteiger partial charge is 0.314 e. The lowest BCUT2D eigenvalue weighted by Gasteiger charge is -2.10. The SMILES string of the molecule is Cc1cc(NC(=O)C(=O)NCCC(C)C)n(-c2nc(C)c(C)c(=O)[nH]2)n1. The minimum absolute atomic E-state index is 0.168. The van der Waals surface area contributed by atoms with E-state index in [1.54, 1.807) is 26.8 Å². The van der Waals surface area contributed by atoms with Crippen LogP contribution in [0.3, 0.4) is 0 Å². The van der Waals surface area contributed by atoms with E-state index in [0.717, 1.165) is 6.42 Å². The molecule has 9 heteroatoms. The van der Waals surface area contributed by atoms with E-state index in [9.17, 15) is 14.4 Å². The number of H-pyrrole nitrogens is 1. The van der Waals surface area contributed by atoms with Crippen molar-refractivity contribution in [1.29, 1.82) is 0 Å². The summed E-state index contributed by atoms with van der Waals surface area (Å²) in [5.41, 5.74) is 1.37. The lowest BCUT2D eigenvalue weighted by atomic mass is 10.1. The number of carbonyl (C=O) groups is 2. The minimum atomic E-state index is -0.805. The van der Waals surface area contributed by atoms with Crippen molar-refractivity contribution in [3.05, 3.63) is 33.4 Å². The van der Waals surface area contributed by atoms with Gasteiger partial charge in [-0.05, 0) is 33.1 Å². The van der Waals surface area contributed by atoms with Gasteiger partial charge in [-0.15, -0.1) is 0 Å². The first kappa shape index (κ1) is 19.4. The molecule has 0 aliphatic rings. The molecule has 0 aromatic carbocycles. The molecular formula is C17H24N6O3. The predicted molar refractivity (Wildman–Crippen MR) is 97.3 cm³/mol. The second-order valence-electron chi connectivity index (χ2n) is 6.58. The molecule has 3 N–H and O–H groups in total. The van der Waals surface area contributed by atoms with Gasteiger partial charge in [0.05, 0.1) is 5.69 Å². The number of carbonyl (C=O) groups excluding carboxylic acids is 2. The predicted octanol–water partition coefficient (Wildman–Crippen LogP) is 0.982. The van der Waals surface area contributed by atoms with Gasteiger partial charge in [-0.3, -0.25) is 19.4 Å². The van der Waals surface area contributed by atoms with Gasteiger partial charge in [0.15, 0.2) is 0 Å². The van der Waals surface area contributed by atoms with Crippen molar-refractivity contribution >= 4 is 17.6 Å². The summed E-state index contributed by atoms with van der Waals surface area (Å²) in [6.45, 7) is 9.60. The number of amides is 2. The van der Waals surface area contributed by atoms with Crippen LogP contribution in [0.2, 0.25) is 0 Å². The maximum absolute atomic E-state index is 12.1. The molecule has 2 rings (SSSR count). The number of hydrogen-bond donors (Lipinski definition) is 3. The number of nitrogens with zero attached hydrogens (tertiary/aromatic N) is 3. The van der Waals surface area contributed by atoms with Gasteiger partial charge < -0.3 is 10.6 Å². The summed E-state index contributed by atoms with van der Waals surface area (Å²) in [4.78, 5) is 42.9. The van der Waals surface area contributed by atoms with Crippen molar-refractivity contribution in [1.82, 2.24) is 25.1 Å². The molecule has 0 fully saturated rings. The van der Waals surface area contributed by atoms with Gasteiger partial charge >= 0.3 is 11.8 Å². The molecule has 0 saturated heterocycles. The van der Waals surface area contributed by atoms with E-state index in [1.807, 2.05) is 13.8 Å². The van der Waals surface area contributed by atoms with Crippen LogP contribution in [0.5, 0.6) is 0 Å². The normalized spacial score (nSPS) is 10.8. The number of rotatable bonds is 5. The first-order valence-electron chi connectivity index (χ1n) is 8.42. The van der Waals surface area contributed by atoms with Crippen molar-refractivity contribution in [2.45, 2.75) is 41.0 Å². The van der Waals surface area contributed by atoms with Crippen LogP contribution in [-0.2, 0) is 9.59 Å². The fourth-order valence-corrected chi connectivity index (χ4v) is 2.21. The average Bonchev–Trinajstić information content (AvgIpc) is 2.92. The highest BCUT2D eigenvalue weighted by atomic mass is 16.2. The number of anilines is 1. The Morgan fingerprint density at radius 1 is 1.23 bits per heavy atom. The largest absolute Gasteiger partial charge is 0.348 e. The van der Waals surface area contributed by atoms with Crippen molar-refractivity contribution in [2.24, 2.45) is 5.92 Å². The van der Waals surface area contributed by atoms with Crippen molar-refractivity contribution in [2.75, 3.05) is 11.9 Å². The Morgan fingerprint density at radius 2 is 1.92 bits per heavy atom. The lowest BCUT2D eigenvalue weighted by molar-refractivity contribution is -0.136. The Kier molecular flexibility index (Phi) is 5.91. The molecule has 2 aromatic rings. The van der Waals surface area contributed by atoms with Crippen LogP contribution in [-0.4, -0.2) is 38.1 Å². The van der Waals surface area contributed by atoms with Gasteiger partial charge in [0.25, 0.3) is 5.56 Å². The van der Waals surface area contributed by atoms with Crippen LogP contribution in [0.15, 0.2) is 10.9 Å². The Bertz CT molecular complexity index is 881. The Labute approximate surface area is 151 Å². The fraction of sp³-hybridized carbons (Fsp3) is 0.471. The van der Waals surface area contributed by atoms with Crippen molar-refractivity contribution in [3.8, 4) is 5.95 Å². The van der Waals surface area contributed by atoms with E-state index in [-0.39, 0.29) is 17.3 Å². The molecule has 0 aliphatic carbocycles. The molecular weight excluding hydrogens is 336 g/mol. The molecule has 9 nitrogen and oxygen atoms in total. The molecule has 2 aromatic heterocycles. The zero-order valence-electron chi connectivity index (χ0n) is 15.6. The topological polar surface area (TPSA) is 122 Å². The van der Waals surface area contributed by atoms with Crippen LogP contribution in [0.4, 0.5) is 5.82 Å². The molecule has 26 heavy (non-hydrogen) atoms. The van der Waals surface area contributed by atoms with E-state index >= 15 is 0 Å². The second-order valence-corrected chi connectivity index (χ2v) is 6.58. The molecule has 140 valence electrons. The molecule has 0 bridgehead atoms. The third kappa shape index (κ3) is 4.56. The van der Waals surface area contributed by atoms with Crippen molar-refractivity contribution in [3.63, 3.8) is 0 Å². The standard InChI is InChI=1S/C17H24N6O3/c1-9(2)6-7-18-15(25)16(26)20-13-8-10(3)22-23(13)17-19-12(5)11(4)14(24)21-17/h8-9H,6-7H2,1-5H3,(H,18,25)(H,20,26)(H,19,21,24). The first-order valence-corrected chi connectivity index (χ1v) is 8.42. The molecule has 0 unspecified atom stereocenters. The van der Waals surface area contributed by atoms with Gasteiger partial charge in [-0.1, -0.05) is 13.8 Å². The number of hydrogen-bond acceptors (Lipinski definition) is 5. The van der Waals surface area contributed by atoms with Gasteiger partial charge in [0, 0.05) is 23.9 Å². The Hall–Kier alpha value is -2.97. The zero-order valence-corrected chi connectivity index (χ0v) is 15.6. The van der Waals surface area contributed by atoms with Crippen LogP contribution in [0.25, 0.3) is 5.95 Å². The average molecular weight is 360 g/mol. The van der Waals surface area contributed by atoms with E-state index < -0.39 is 11.8 Å². The maximum Gasteiger partial charge on any atom is 0.314 e. The van der Waals surface area contributed by atoms with E-state index in [4.69, 9.17) is 0 Å². The molecule has 2 heterocycles. The highest BCUT2D eigenvalue weighted by molar-refractivity contribution is 6.39. The zero-order chi connectivity index (χ0) is 19.4. The molecule has 2 amide bonds. The highest BCUT2D eigenvalue weighted by Crippen LogP contribution is 2.14. The quantitative estimate of drug-likeness (QED) is 0.686. The third-order valence-electron chi connectivity index (χ3n) is 3.87. The van der Waals surface area contributed by atoms with Gasteiger partial charge in [-0.2, -0.15) is 9.78 Å². The summed E-state index contributed by atoms with van der Waals surface area (Å²) >= 11 is 0. The summed E-state index contributed by atoms with van der Waals surface area (Å²) in [6.07, 6.45) is 0.782. The third-order valence-corrected chi connectivity index (χ3v) is 3.87. The fourth-order valence-electron chi connectivity index (χ4n) is 2.21. The van der Waals surface area contributed by atoms with Gasteiger partial charge in [0.2, 0.25) is 5.95 Å². The summed E-state index contributed by atoms with van der Waals surface area (Å²) in [5.74, 6) is -0.687. The molecule has 0 radical (unpaired) electrons. The summed E-state index contributed by atoms with van der Waals surface area (Å²) in [6, 6.07) is 1.59. The van der Waals surface area contributed by atoms with Gasteiger partial charge in [0.1, 0.15) is 5.82 Å². The Morgan fingerprint density at radius 3 is 2.54 bits per heavy atom. The Balaban J connectivity index is 2.20. The van der Waals surface area contributed by atoms with E-state index in [0.29, 0.717) is 29.4 Å². The monoisotopic (exact) mass is 360 g/mol. The first-order chi connectivity index (χ1) is 12.2. The summed E-state index contributed by atoms with van der Waals surface area (Å²) in [5, 5.41) is 9.31. The van der Waals surface area contributed by atoms with E-state index in [1.165, 1.54) is 4.68 Å². The number of aromatic nitrogens is 4. The minimum Gasteiger partial charge on any atom is -0.348 e. The van der Waals surface area contributed by atoms with Crippen LogP contribution < -0.4 is 16.2 Å². The highest BCUT2D eigenvalue weighted by Gasteiger charge is 2.18. The van der Waals surface area contributed by atoms with E-state index in [2.05, 4.69) is 25.7 Å². The molecule has 0 spiro atoms. The molecule has 0 aliphatic heterocycles. The second kappa shape index (κ2) is 7.94. The summed E-state index contributed by atoms with van der Waals surface area (Å²) in [7, 11) is 0. The maximum atomic E-state index is 12.1. The number of aryl methyl sites for hydroxylation is 2. The molecule has 0 saturated carbocycles. The van der Waals surface area contributed by atoms with Crippen LogP contribution >= 0.6 is 0 Å². The van der Waals surface area contributed by atoms with Crippen molar-refractivity contribution < 1.29 is 9.59 Å². The summed E-state index contributed by atoms with van der Waals surface area (Å²) < 4.78 is 1.29. The van der Waals surface area contributed by atoms with Crippen LogP contribution in [0.1, 0.15) is 37.2 Å².